The lowest BCUT2D eigenvalue weighted by Gasteiger charge is -2.37. The Morgan fingerprint density at radius 3 is 2.37 bits per heavy atom. The number of aryl methyl sites for hydroxylation is 2. The molecule has 1 amide bonds. The molecule has 1 aromatic carbocycles. The van der Waals surface area contributed by atoms with Gasteiger partial charge in [-0.05, 0) is 50.1 Å². The molecule has 0 unspecified atom stereocenters. The molecule has 1 saturated heterocycles. The van der Waals surface area contributed by atoms with Crippen LogP contribution in [0.2, 0.25) is 0 Å². The van der Waals surface area contributed by atoms with E-state index in [0.29, 0.717) is 37.5 Å². The van der Waals surface area contributed by atoms with Crippen LogP contribution in [-0.4, -0.2) is 46.4 Å². The fraction of sp³-hybridized carbons (Fsp3) is 0.364. The van der Waals surface area contributed by atoms with Crippen molar-refractivity contribution in [2.24, 2.45) is 0 Å². The molecule has 3 heterocycles. The molecular weight excluding hydrogens is 393 g/mol. The quantitative estimate of drug-likeness (QED) is 0.628. The largest absolute Gasteiger partial charge is 0.417 e. The van der Waals surface area contributed by atoms with Crippen LogP contribution in [0.4, 0.5) is 18.9 Å². The van der Waals surface area contributed by atoms with E-state index in [9.17, 15) is 18.0 Å². The van der Waals surface area contributed by atoms with Gasteiger partial charge in [-0.1, -0.05) is 12.1 Å². The lowest BCUT2D eigenvalue weighted by atomic mass is 10.1. The number of carbonyl (C=O) groups excluding carboxylic acids is 1. The lowest BCUT2D eigenvalue weighted by molar-refractivity contribution is -0.137. The molecule has 0 radical (unpaired) electrons. The maximum absolute atomic E-state index is 13.2. The minimum Gasteiger partial charge on any atom is -0.368 e. The van der Waals surface area contributed by atoms with Gasteiger partial charge in [0.25, 0.3) is 5.91 Å². The van der Waals surface area contributed by atoms with Crippen molar-refractivity contribution in [2.45, 2.75) is 26.9 Å². The number of nitrogens with zero attached hydrogens (tertiary/aromatic N) is 4. The van der Waals surface area contributed by atoms with Gasteiger partial charge >= 0.3 is 6.18 Å². The smallest absolute Gasteiger partial charge is 0.368 e. The normalized spacial score (nSPS) is 15.1. The summed E-state index contributed by atoms with van der Waals surface area (Å²) < 4.78 is 40.7. The number of halogens is 3. The highest BCUT2D eigenvalue weighted by molar-refractivity contribution is 5.95. The Morgan fingerprint density at radius 1 is 1.00 bits per heavy atom. The summed E-state index contributed by atoms with van der Waals surface area (Å²) in [7, 11) is 0. The molecule has 5 nitrogen and oxygen atoms in total. The number of amides is 1. The summed E-state index contributed by atoms with van der Waals surface area (Å²) in [4.78, 5) is 21.4. The summed E-state index contributed by atoms with van der Waals surface area (Å²) in [5.41, 5.74) is 3.73. The van der Waals surface area contributed by atoms with Gasteiger partial charge in [-0.3, -0.25) is 9.20 Å². The third-order valence-electron chi connectivity index (χ3n) is 5.81. The Bertz CT molecular complexity index is 1110. The number of imidazole rings is 1. The van der Waals surface area contributed by atoms with Gasteiger partial charge in [0.2, 0.25) is 0 Å². The molecule has 4 rings (SSSR count). The van der Waals surface area contributed by atoms with Crippen molar-refractivity contribution in [2.75, 3.05) is 31.1 Å². The molecule has 2 aromatic heterocycles. The van der Waals surface area contributed by atoms with Crippen LogP contribution in [0.3, 0.4) is 0 Å². The summed E-state index contributed by atoms with van der Waals surface area (Å²) in [6.45, 7) is 8.14. The zero-order chi connectivity index (χ0) is 21.6. The Kier molecular flexibility index (Phi) is 4.95. The van der Waals surface area contributed by atoms with Gasteiger partial charge in [0, 0.05) is 38.1 Å². The second-order valence-corrected chi connectivity index (χ2v) is 7.69. The summed E-state index contributed by atoms with van der Waals surface area (Å²) in [5.74, 6) is -0.292. The second-order valence-electron chi connectivity index (χ2n) is 7.69. The first-order valence-corrected chi connectivity index (χ1v) is 9.83. The summed E-state index contributed by atoms with van der Waals surface area (Å²) >= 11 is 0. The van der Waals surface area contributed by atoms with Crippen molar-refractivity contribution in [1.29, 1.82) is 0 Å². The Labute approximate surface area is 172 Å². The van der Waals surface area contributed by atoms with Crippen molar-refractivity contribution in [1.82, 2.24) is 14.3 Å². The number of carbonyl (C=O) groups is 1. The maximum atomic E-state index is 13.2. The molecule has 0 bridgehead atoms. The van der Waals surface area contributed by atoms with Gasteiger partial charge in [0.1, 0.15) is 11.3 Å². The average molecular weight is 416 g/mol. The highest BCUT2D eigenvalue weighted by Gasteiger charge is 2.32. The zero-order valence-corrected chi connectivity index (χ0v) is 17.1. The van der Waals surface area contributed by atoms with Gasteiger partial charge < -0.3 is 9.80 Å². The summed E-state index contributed by atoms with van der Waals surface area (Å²) in [6.07, 6.45) is -3.53. The molecule has 1 aliphatic heterocycles. The van der Waals surface area contributed by atoms with Crippen molar-refractivity contribution >= 4 is 17.2 Å². The molecule has 8 heteroatoms. The standard InChI is InChI=1S/C22H23F3N4O/c1-14-5-4-6-18(15(14)2)27-9-11-28(12-10-27)21(30)20-16(3)26-19-8-7-17(13-29(19)20)22(23,24)25/h4-8,13H,9-12H2,1-3H3. The second kappa shape index (κ2) is 7.34. The Hall–Kier alpha value is -3.03. The van der Waals surface area contributed by atoms with E-state index in [1.165, 1.54) is 21.6 Å². The van der Waals surface area contributed by atoms with Crippen molar-refractivity contribution in [3.63, 3.8) is 0 Å². The minimum absolute atomic E-state index is 0.191. The van der Waals surface area contributed by atoms with Gasteiger partial charge in [-0.15, -0.1) is 0 Å². The van der Waals surface area contributed by atoms with Crippen LogP contribution in [-0.2, 0) is 6.18 Å². The number of benzene rings is 1. The highest BCUT2D eigenvalue weighted by atomic mass is 19.4. The van der Waals surface area contributed by atoms with Crippen LogP contribution in [0.1, 0.15) is 32.9 Å². The molecule has 1 fully saturated rings. The van der Waals surface area contributed by atoms with Crippen LogP contribution in [0.15, 0.2) is 36.5 Å². The summed E-state index contributed by atoms with van der Waals surface area (Å²) in [5, 5.41) is 0. The number of fused-ring (bicyclic) bond motifs is 1. The van der Waals surface area contributed by atoms with Crippen molar-refractivity contribution in [3.8, 4) is 0 Å². The highest BCUT2D eigenvalue weighted by Crippen LogP contribution is 2.30. The topological polar surface area (TPSA) is 40.8 Å². The molecule has 0 atom stereocenters. The fourth-order valence-corrected chi connectivity index (χ4v) is 3.97. The molecule has 1 aliphatic rings. The number of hydrogen-bond donors (Lipinski definition) is 0. The molecular formula is C22H23F3N4O. The van der Waals surface area contributed by atoms with Crippen LogP contribution in [0, 0.1) is 20.8 Å². The number of piperazine rings is 1. The van der Waals surface area contributed by atoms with Gasteiger partial charge in [0.05, 0.1) is 11.3 Å². The Morgan fingerprint density at radius 2 is 1.70 bits per heavy atom. The number of alkyl halides is 3. The first-order valence-electron chi connectivity index (χ1n) is 9.83. The number of aromatic nitrogens is 2. The molecule has 0 N–H and O–H groups in total. The van der Waals surface area contributed by atoms with Crippen LogP contribution in [0.25, 0.3) is 5.65 Å². The maximum Gasteiger partial charge on any atom is 0.417 e. The van der Waals surface area contributed by atoms with Crippen LogP contribution < -0.4 is 4.90 Å². The van der Waals surface area contributed by atoms with Gasteiger partial charge in [0.15, 0.2) is 0 Å². The molecule has 0 saturated carbocycles. The predicted molar refractivity (Wildman–Crippen MR) is 109 cm³/mol. The third-order valence-corrected chi connectivity index (χ3v) is 5.81. The SMILES string of the molecule is Cc1cccc(N2CCN(C(=O)c3c(C)nc4ccc(C(F)(F)F)cn34)CC2)c1C. The number of pyridine rings is 1. The monoisotopic (exact) mass is 416 g/mol. The van der Waals surface area contributed by atoms with E-state index in [1.54, 1.807) is 11.8 Å². The summed E-state index contributed by atoms with van der Waals surface area (Å²) in [6, 6.07) is 8.45. The molecule has 0 aliphatic carbocycles. The predicted octanol–water partition coefficient (Wildman–Crippen LogP) is 4.24. The lowest BCUT2D eigenvalue weighted by Crippen LogP contribution is -2.49. The van der Waals surface area contributed by atoms with Gasteiger partial charge in [-0.25, -0.2) is 4.98 Å². The van der Waals surface area contributed by atoms with Crippen molar-refractivity contribution < 1.29 is 18.0 Å². The number of anilines is 1. The van der Waals surface area contributed by atoms with Gasteiger partial charge in [-0.2, -0.15) is 13.2 Å². The number of hydrogen-bond acceptors (Lipinski definition) is 3. The molecule has 0 spiro atoms. The van der Waals surface area contributed by atoms with E-state index in [0.717, 1.165) is 18.0 Å². The van der Waals surface area contributed by atoms with E-state index < -0.39 is 11.7 Å². The molecule has 30 heavy (non-hydrogen) atoms. The molecule has 3 aromatic rings. The average Bonchev–Trinajstić information content (AvgIpc) is 3.04. The van der Waals surface area contributed by atoms with E-state index in [1.807, 2.05) is 6.07 Å². The zero-order valence-electron chi connectivity index (χ0n) is 17.1. The van der Waals surface area contributed by atoms with E-state index in [-0.39, 0.29) is 11.6 Å². The third kappa shape index (κ3) is 3.51. The number of rotatable bonds is 2. The van der Waals surface area contributed by atoms with E-state index in [4.69, 9.17) is 0 Å². The fourth-order valence-electron chi connectivity index (χ4n) is 3.97. The van der Waals surface area contributed by atoms with E-state index >= 15 is 0 Å². The van der Waals surface area contributed by atoms with Crippen LogP contribution >= 0.6 is 0 Å². The first-order chi connectivity index (χ1) is 14.2. The Balaban J connectivity index is 1.58. The van der Waals surface area contributed by atoms with E-state index in [2.05, 4.69) is 35.9 Å². The first kappa shape index (κ1) is 20.3. The van der Waals surface area contributed by atoms with Crippen LogP contribution in [0.5, 0.6) is 0 Å². The molecule has 158 valence electrons. The minimum atomic E-state index is -4.48. The van der Waals surface area contributed by atoms with Crippen molar-refractivity contribution in [3.05, 3.63) is 64.6 Å².